The number of amides is 1. The SMILES string of the molecule is CCC[CH2][Sn]([CH2]CCC)([CH2]CCC)[CH2][C@@H]1[C@@H]2[C@H](C[C@@H]1c1ccccc1)C(=O)N2Cc1ccccc1. The Balaban J connectivity index is 1.65. The molecule has 0 spiro atoms. The first kappa shape index (κ1) is 26.8. The van der Waals surface area contributed by atoms with Gasteiger partial charge in [-0.05, 0) is 0 Å². The van der Waals surface area contributed by atoms with Crippen LogP contribution in [0.5, 0.6) is 0 Å². The van der Waals surface area contributed by atoms with Crippen LogP contribution in [0.25, 0.3) is 0 Å². The fraction of sp³-hybridized carbons (Fsp3) is 0.594. The van der Waals surface area contributed by atoms with Gasteiger partial charge in [0.05, 0.1) is 0 Å². The second kappa shape index (κ2) is 12.8. The zero-order valence-corrected chi connectivity index (χ0v) is 25.3. The van der Waals surface area contributed by atoms with E-state index in [4.69, 9.17) is 0 Å². The van der Waals surface area contributed by atoms with Crippen LogP contribution in [0.15, 0.2) is 60.7 Å². The van der Waals surface area contributed by atoms with E-state index < -0.39 is 18.4 Å². The van der Waals surface area contributed by atoms with Gasteiger partial charge in [-0.25, -0.2) is 0 Å². The molecule has 2 aromatic rings. The van der Waals surface area contributed by atoms with E-state index in [1.165, 1.54) is 54.1 Å². The Morgan fingerprint density at radius 1 is 0.771 bits per heavy atom. The molecular formula is C32H47NOSn. The van der Waals surface area contributed by atoms with Crippen LogP contribution in [0.1, 0.15) is 82.8 Å². The van der Waals surface area contributed by atoms with Crippen molar-refractivity contribution in [2.45, 2.75) is 102 Å². The van der Waals surface area contributed by atoms with E-state index in [2.05, 4.69) is 86.3 Å². The molecule has 1 heterocycles. The van der Waals surface area contributed by atoms with Gasteiger partial charge in [0.2, 0.25) is 0 Å². The molecule has 1 amide bonds. The van der Waals surface area contributed by atoms with Crippen LogP contribution < -0.4 is 0 Å². The molecule has 0 bridgehead atoms. The van der Waals surface area contributed by atoms with Crippen molar-refractivity contribution in [3.8, 4) is 0 Å². The molecule has 1 saturated carbocycles. The Labute approximate surface area is 218 Å². The maximum atomic E-state index is 13.4. The first-order valence-electron chi connectivity index (χ1n) is 14.5. The topological polar surface area (TPSA) is 20.3 Å². The Morgan fingerprint density at radius 3 is 1.86 bits per heavy atom. The summed E-state index contributed by atoms with van der Waals surface area (Å²) in [5, 5.41) is 0. The first-order valence-corrected chi connectivity index (χ1v) is 22.6. The number of likely N-dealkylation sites (tertiary alicyclic amines) is 1. The molecule has 2 nitrogen and oxygen atoms in total. The Hall–Kier alpha value is -1.29. The third-order valence-corrected chi connectivity index (χ3v) is 25.0. The summed E-state index contributed by atoms with van der Waals surface area (Å²) in [7, 11) is 0. The summed E-state index contributed by atoms with van der Waals surface area (Å²) >= 11 is -2.36. The zero-order chi connectivity index (χ0) is 24.7. The van der Waals surface area contributed by atoms with Crippen molar-refractivity contribution >= 4 is 24.3 Å². The Morgan fingerprint density at radius 2 is 1.31 bits per heavy atom. The van der Waals surface area contributed by atoms with Gasteiger partial charge in [-0.2, -0.15) is 0 Å². The van der Waals surface area contributed by atoms with Gasteiger partial charge in [0.1, 0.15) is 0 Å². The average Bonchev–Trinajstić information content (AvgIpc) is 3.23. The predicted molar refractivity (Wildman–Crippen MR) is 151 cm³/mol. The van der Waals surface area contributed by atoms with Gasteiger partial charge in [0.25, 0.3) is 0 Å². The quantitative estimate of drug-likeness (QED) is 0.162. The van der Waals surface area contributed by atoms with E-state index in [9.17, 15) is 4.79 Å². The van der Waals surface area contributed by atoms with Crippen LogP contribution in [-0.2, 0) is 11.3 Å². The van der Waals surface area contributed by atoms with Crippen LogP contribution in [0.3, 0.4) is 0 Å². The number of hydrogen-bond acceptors (Lipinski definition) is 1. The van der Waals surface area contributed by atoms with Crippen molar-refractivity contribution in [1.29, 1.82) is 0 Å². The molecule has 2 aliphatic rings. The van der Waals surface area contributed by atoms with Gasteiger partial charge in [0, 0.05) is 0 Å². The third-order valence-electron chi connectivity index (χ3n) is 9.11. The fourth-order valence-corrected chi connectivity index (χ4v) is 24.9. The van der Waals surface area contributed by atoms with E-state index in [0.29, 0.717) is 23.8 Å². The molecule has 1 aliphatic carbocycles. The Kier molecular flexibility index (Phi) is 9.78. The van der Waals surface area contributed by atoms with E-state index in [0.717, 1.165) is 13.0 Å². The number of unbranched alkanes of at least 4 members (excludes halogenated alkanes) is 3. The molecule has 35 heavy (non-hydrogen) atoms. The average molecular weight is 580 g/mol. The molecule has 0 unspecified atom stereocenters. The van der Waals surface area contributed by atoms with Gasteiger partial charge in [-0.15, -0.1) is 0 Å². The second-order valence-electron chi connectivity index (χ2n) is 11.5. The number of carbonyl (C=O) groups excluding carboxylic acids is 1. The molecule has 1 aliphatic heterocycles. The molecule has 2 fully saturated rings. The molecule has 4 atom stereocenters. The Bertz CT molecular complexity index is 892. The minimum atomic E-state index is -2.36. The number of hydrogen-bond donors (Lipinski definition) is 0. The summed E-state index contributed by atoms with van der Waals surface area (Å²) < 4.78 is 6.18. The molecular weight excluding hydrogens is 533 g/mol. The van der Waals surface area contributed by atoms with Crippen molar-refractivity contribution in [1.82, 2.24) is 4.90 Å². The van der Waals surface area contributed by atoms with Crippen molar-refractivity contribution < 1.29 is 4.79 Å². The van der Waals surface area contributed by atoms with E-state index in [1.54, 1.807) is 13.3 Å². The summed E-state index contributed by atoms with van der Waals surface area (Å²) in [5.41, 5.74) is 2.76. The number of nitrogens with zero attached hydrogens (tertiary/aromatic N) is 1. The van der Waals surface area contributed by atoms with Gasteiger partial charge in [0.15, 0.2) is 0 Å². The van der Waals surface area contributed by atoms with Crippen molar-refractivity contribution in [3.05, 3.63) is 71.8 Å². The zero-order valence-electron chi connectivity index (χ0n) is 22.4. The number of benzene rings is 2. The summed E-state index contributed by atoms with van der Waals surface area (Å²) in [5.74, 6) is 1.88. The fourth-order valence-electron chi connectivity index (χ4n) is 7.24. The first-order chi connectivity index (χ1) is 17.1. The molecule has 3 heteroatoms. The van der Waals surface area contributed by atoms with Gasteiger partial charge < -0.3 is 0 Å². The van der Waals surface area contributed by atoms with Gasteiger partial charge in [-0.1, -0.05) is 0 Å². The number of fused-ring (bicyclic) bond motifs is 1. The van der Waals surface area contributed by atoms with Crippen LogP contribution in [0.2, 0.25) is 17.7 Å². The third kappa shape index (κ3) is 6.17. The molecule has 0 aromatic heterocycles. The maximum absolute atomic E-state index is 13.4. The molecule has 1 saturated heterocycles. The van der Waals surface area contributed by atoms with Crippen molar-refractivity contribution in [3.63, 3.8) is 0 Å². The van der Waals surface area contributed by atoms with Gasteiger partial charge >= 0.3 is 220 Å². The summed E-state index contributed by atoms with van der Waals surface area (Å²) in [6.07, 6.45) is 9.32. The molecule has 190 valence electrons. The number of rotatable bonds is 14. The van der Waals surface area contributed by atoms with E-state index in [1.807, 2.05) is 0 Å². The van der Waals surface area contributed by atoms with E-state index >= 15 is 0 Å². The molecule has 4 rings (SSSR count). The van der Waals surface area contributed by atoms with E-state index in [-0.39, 0.29) is 5.92 Å². The molecule has 2 aromatic carbocycles. The van der Waals surface area contributed by atoms with Crippen molar-refractivity contribution in [2.75, 3.05) is 0 Å². The second-order valence-corrected chi connectivity index (χ2v) is 25.5. The normalized spacial score (nSPS) is 23.9. The summed E-state index contributed by atoms with van der Waals surface area (Å²) in [4.78, 5) is 15.7. The predicted octanol–water partition coefficient (Wildman–Crippen LogP) is 8.67. The van der Waals surface area contributed by atoms with Crippen LogP contribution in [0.4, 0.5) is 0 Å². The van der Waals surface area contributed by atoms with Crippen LogP contribution in [-0.4, -0.2) is 35.2 Å². The minimum absolute atomic E-state index is 0.251. The monoisotopic (exact) mass is 581 g/mol. The number of carbonyl (C=O) groups is 1. The number of β-lactam (4-membered cyclic amide) rings is 1. The summed E-state index contributed by atoms with van der Waals surface area (Å²) in [6.45, 7) is 7.92. The standard InChI is InChI=1S/C20H20NO.3C4H9.Sn/c1-14-17(16-10-6-3-7-11-16)12-18-19(14)21(20(18)22)13-15-8-4-2-5-9-15;3*1-3-4-2;/h2-11,14,17-19H,1,12-13H2;3*1,3-4H2,2H3;/t14-,17-,18-,19+;;;;/m0..../s1. The molecule has 0 radical (unpaired) electrons. The van der Waals surface area contributed by atoms with Crippen LogP contribution in [0, 0.1) is 11.8 Å². The van der Waals surface area contributed by atoms with Crippen LogP contribution >= 0.6 is 0 Å². The summed E-state index contributed by atoms with van der Waals surface area (Å²) in [6, 6.07) is 22.4. The van der Waals surface area contributed by atoms with Crippen molar-refractivity contribution in [2.24, 2.45) is 11.8 Å². The molecule has 0 N–H and O–H groups in total. The van der Waals surface area contributed by atoms with Gasteiger partial charge in [-0.3, -0.25) is 0 Å².